The van der Waals surface area contributed by atoms with Gasteiger partial charge in [-0.1, -0.05) is 35.5 Å². The standard InChI is InChI=1S/C14H21N3O3S/c1-10(21(2)20)9-16-14(18)12(13(15)17-19)8-11-6-4-3-5-7-11/h3-7,10,12,19H,8-9H2,1-2H3,(H2,15,17)(H,16,18). The number of nitrogens with two attached hydrogens (primary N) is 1. The van der Waals surface area contributed by atoms with E-state index in [1.54, 1.807) is 13.2 Å². The minimum atomic E-state index is -1.02. The van der Waals surface area contributed by atoms with Gasteiger partial charge < -0.3 is 16.3 Å². The number of hydrogen-bond acceptors (Lipinski definition) is 4. The molecule has 3 unspecified atom stereocenters. The Labute approximate surface area is 126 Å². The fraction of sp³-hybridized carbons (Fsp3) is 0.429. The van der Waals surface area contributed by atoms with E-state index in [-0.39, 0.29) is 23.5 Å². The van der Waals surface area contributed by atoms with Gasteiger partial charge >= 0.3 is 0 Å². The molecule has 1 rings (SSSR count). The molecule has 4 N–H and O–H groups in total. The largest absolute Gasteiger partial charge is 0.409 e. The fourth-order valence-electron chi connectivity index (χ4n) is 1.74. The summed E-state index contributed by atoms with van der Waals surface area (Å²) in [4.78, 5) is 12.2. The van der Waals surface area contributed by atoms with Crippen molar-refractivity contribution in [2.75, 3.05) is 12.8 Å². The summed E-state index contributed by atoms with van der Waals surface area (Å²) in [5.74, 6) is -1.23. The van der Waals surface area contributed by atoms with Crippen molar-refractivity contribution in [1.29, 1.82) is 0 Å². The van der Waals surface area contributed by atoms with E-state index in [4.69, 9.17) is 10.9 Å². The van der Waals surface area contributed by atoms with E-state index < -0.39 is 16.7 Å². The lowest BCUT2D eigenvalue weighted by atomic mass is 9.97. The molecule has 1 aromatic rings. The first-order chi connectivity index (χ1) is 9.95. The van der Waals surface area contributed by atoms with Crippen molar-refractivity contribution in [2.24, 2.45) is 16.8 Å². The molecule has 21 heavy (non-hydrogen) atoms. The predicted molar refractivity (Wildman–Crippen MR) is 83.6 cm³/mol. The molecule has 6 nitrogen and oxygen atoms in total. The first-order valence-corrected chi connectivity index (χ1v) is 8.19. The molecule has 3 atom stereocenters. The van der Waals surface area contributed by atoms with Gasteiger partial charge in [0.1, 0.15) is 5.92 Å². The van der Waals surface area contributed by atoms with Gasteiger partial charge in [-0.2, -0.15) is 0 Å². The second kappa shape index (κ2) is 8.41. The van der Waals surface area contributed by atoms with Gasteiger partial charge in [0.15, 0.2) is 5.84 Å². The average molecular weight is 311 g/mol. The maximum Gasteiger partial charge on any atom is 0.231 e. The molecule has 0 spiro atoms. The molecule has 1 aromatic carbocycles. The van der Waals surface area contributed by atoms with Crippen LogP contribution in [-0.4, -0.2) is 39.2 Å². The molecule has 0 aliphatic heterocycles. The van der Waals surface area contributed by atoms with Gasteiger partial charge in [0.05, 0.1) is 0 Å². The van der Waals surface area contributed by atoms with E-state index >= 15 is 0 Å². The number of amides is 1. The van der Waals surface area contributed by atoms with Crippen molar-refractivity contribution in [1.82, 2.24) is 5.32 Å². The van der Waals surface area contributed by atoms with Gasteiger partial charge in [-0.25, -0.2) is 0 Å². The van der Waals surface area contributed by atoms with Crippen molar-refractivity contribution in [2.45, 2.75) is 18.6 Å². The Bertz CT molecular complexity index is 519. The minimum Gasteiger partial charge on any atom is -0.409 e. The number of amidine groups is 1. The predicted octanol–water partition coefficient (Wildman–Crippen LogP) is 0.475. The molecular formula is C14H21N3O3S. The second-order valence-corrected chi connectivity index (χ2v) is 6.62. The first-order valence-electron chi connectivity index (χ1n) is 6.57. The van der Waals surface area contributed by atoms with E-state index in [1.165, 1.54) is 0 Å². The molecule has 0 radical (unpaired) electrons. The number of rotatable bonds is 7. The molecule has 0 bridgehead atoms. The van der Waals surface area contributed by atoms with Crippen LogP contribution in [0.4, 0.5) is 0 Å². The van der Waals surface area contributed by atoms with Crippen LogP contribution in [0.3, 0.4) is 0 Å². The Morgan fingerprint density at radius 3 is 2.57 bits per heavy atom. The van der Waals surface area contributed by atoms with E-state index in [0.717, 1.165) is 5.56 Å². The summed E-state index contributed by atoms with van der Waals surface area (Å²) in [6.45, 7) is 2.07. The molecule has 1 amide bonds. The van der Waals surface area contributed by atoms with E-state index in [9.17, 15) is 9.00 Å². The maximum atomic E-state index is 12.2. The van der Waals surface area contributed by atoms with Crippen LogP contribution >= 0.6 is 0 Å². The van der Waals surface area contributed by atoms with Crippen molar-refractivity contribution in [3.05, 3.63) is 35.9 Å². The Morgan fingerprint density at radius 1 is 1.43 bits per heavy atom. The van der Waals surface area contributed by atoms with Crippen LogP contribution in [0.2, 0.25) is 0 Å². The molecule has 0 saturated carbocycles. The Hall–Kier alpha value is -1.89. The topological polar surface area (TPSA) is 105 Å². The third-order valence-electron chi connectivity index (χ3n) is 3.20. The highest BCUT2D eigenvalue weighted by molar-refractivity contribution is 7.84. The highest BCUT2D eigenvalue weighted by Gasteiger charge is 2.24. The molecule has 0 heterocycles. The highest BCUT2D eigenvalue weighted by atomic mass is 32.2. The summed E-state index contributed by atoms with van der Waals surface area (Å²) in [6.07, 6.45) is 1.92. The van der Waals surface area contributed by atoms with E-state index in [2.05, 4.69) is 10.5 Å². The van der Waals surface area contributed by atoms with Gasteiger partial charge in [-0.3, -0.25) is 9.00 Å². The highest BCUT2D eigenvalue weighted by Crippen LogP contribution is 2.09. The number of benzene rings is 1. The first kappa shape index (κ1) is 17.2. The molecule has 7 heteroatoms. The molecule has 0 saturated heterocycles. The van der Waals surface area contributed by atoms with Crippen molar-refractivity contribution < 1.29 is 14.2 Å². The summed E-state index contributed by atoms with van der Waals surface area (Å²) in [5, 5.41) is 14.3. The van der Waals surface area contributed by atoms with Gasteiger partial charge in [0.2, 0.25) is 5.91 Å². The van der Waals surface area contributed by atoms with E-state index in [0.29, 0.717) is 6.42 Å². The third kappa shape index (κ3) is 5.55. The lowest BCUT2D eigenvalue weighted by Gasteiger charge is -2.17. The summed E-state index contributed by atoms with van der Waals surface area (Å²) in [7, 11) is -1.02. The van der Waals surface area contributed by atoms with Gasteiger partial charge in [0.25, 0.3) is 0 Å². The van der Waals surface area contributed by atoms with Crippen LogP contribution in [0.25, 0.3) is 0 Å². The average Bonchev–Trinajstić information content (AvgIpc) is 2.50. The maximum absolute atomic E-state index is 12.2. The third-order valence-corrected chi connectivity index (χ3v) is 4.50. The normalized spacial score (nSPS) is 16.0. The van der Waals surface area contributed by atoms with E-state index in [1.807, 2.05) is 30.3 Å². The number of carbonyl (C=O) groups is 1. The zero-order valence-electron chi connectivity index (χ0n) is 12.2. The van der Waals surface area contributed by atoms with Gasteiger partial charge in [-0.05, 0) is 18.9 Å². The van der Waals surface area contributed by atoms with Crippen LogP contribution in [0.15, 0.2) is 35.5 Å². The van der Waals surface area contributed by atoms with Crippen LogP contribution in [-0.2, 0) is 22.0 Å². The molecule has 116 valence electrons. The number of carbonyl (C=O) groups excluding carboxylic acids is 1. The monoisotopic (exact) mass is 311 g/mol. The van der Waals surface area contributed by atoms with Crippen LogP contribution in [0.1, 0.15) is 12.5 Å². The number of oxime groups is 1. The van der Waals surface area contributed by atoms with Crippen molar-refractivity contribution in [3.8, 4) is 0 Å². The Balaban J connectivity index is 2.74. The zero-order chi connectivity index (χ0) is 15.8. The summed E-state index contributed by atoms with van der Waals surface area (Å²) >= 11 is 0. The lowest BCUT2D eigenvalue weighted by Crippen LogP contribution is -2.43. The molecule has 0 aromatic heterocycles. The van der Waals surface area contributed by atoms with Crippen LogP contribution in [0.5, 0.6) is 0 Å². The SMILES string of the molecule is CC(CNC(=O)C(Cc1ccccc1)/C(N)=N/O)S(C)=O. The zero-order valence-corrected chi connectivity index (χ0v) is 13.0. The quantitative estimate of drug-likeness (QED) is 0.295. The molecule has 0 aliphatic carbocycles. The van der Waals surface area contributed by atoms with Crippen molar-refractivity contribution in [3.63, 3.8) is 0 Å². The van der Waals surface area contributed by atoms with Crippen molar-refractivity contribution >= 4 is 22.5 Å². The lowest BCUT2D eigenvalue weighted by molar-refractivity contribution is -0.123. The second-order valence-electron chi connectivity index (χ2n) is 4.82. The molecule has 0 aliphatic rings. The summed E-state index contributed by atoms with van der Waals surface area (Å²) in [5.41, 5.74) is 6.52. The fourth-order valence-corrected chi connectivity index (χ4v) is 2.05. The summed E-state index contributed by atoms with van der Waals surface area (Å²) in [6, 6.07) is 9.33. The van der Waals surface area contributed by atoms with Gasteiger partial charge in [0, 0.05) is 28.9 Å². The number of nitrogens with zero attached hydrogens (tertiary/aromatic N) is 1. The number of nitrogens with one attached hydrogen (secondary N) is 1. The smallest absolute Gasteiger partial charge is 0.231 e. The number of hydrogen-bond donors (Lipinski definition) is 3. The summed E-state index contributed by atoms with van der Waals surface area (Å²) < 4.78 is 11.3. The Morgan fingerprint density at radius 2 is 2.05 bits per heavy atom. The Kier molecular flexibility index (Phi) is 6.87. The molecule has 0 fully saturated rings. The molecular weight excluding hydrogens is 290 g/mol. The van der Waals surface area contributed by atoms with Crippen LogP contribution in [0, 0.1) is 5.92 Å². The van der Waals surface area contributed by atoms with Gasteiger partial charge in [-0.15, -0.1) is 0 Å². The minimum absolute atomic E-state index is 0.137. The van der Waals surface area contributed by atoms with Crippen LogP contribution < -0.4 is 11.1 Å².